The highest BCUT2D eigenvalue weighted by atomic mass is 15.2. The summed E-state index contributed by atoms with van der Waals surface area (Å²) in [6, 6.07) is 0.679. The highest BCUT2D eigenvalue weighted by Crippen LogP contribution is 2.53. The summed E-state index contributed by atoms with van der Waals surface area (Å²) in [7, 11) is 0. The van der Waals surface area contributed by atoms with Gasteiger partial charge in [-0.05, 0) is 10.8 Å². The molecule has 0 radical (unpaired) electrons. The molecular formula is C13H26N2. The number of hydrogen-bond donors (Lipinski definition) is 2. The molecule has 0 saturated carbocycles. The molecule has 88 valence electrons. The zero-order valence-corrected chi connectivity index (χ0v) is 11.1. The topological polar surface area (TPSA) is 24.1 Å². The lowest BCUT2D eigenvalue weighted by molar-refractivity contribution is -0.124. The molecule has 2 nitrogen and oxygen atoms in total. The molecule has 3 unspecified atom stereocenters. The summed E-state index contributed by atoms with van der Waals surface area (Å²) in [6.07, 6.45) is 0. The van der Waals surface area contributed by atoms with Gasteiger partial charge in [-0.25, -0.2) is 0 Å². The molecule has 0 aliphatic carbocycles. The summed E-state index contributed by atoms with van der Waals surface area (Å²) in [5, 5.41) is 7.40. The van der Waals surface area contributed by atoms with E-state index in [4.69, 9.17) is 0 Å². The van der Waals surface area contributed by atoms with Crippen molar-refractivity contribution >= 4 is 0 Å². The lowest BCUT2D eigenvalue weighted by Gasteiger charge is -2.69. The lowest BCUT2D eigenvalue weighted by atomic mass is 9.49. The van der Waals surface area contributed by atoms with Gasteiger partial charge in [-0.15, -0.1) is 0 Å². The lowest BCUT2D eigenvalue weighted by Crippen LogP contribution is -2.87. The summed E-state index contributed by atoms with van der Waals surface area (Å²) in [6.45, 7) is 16.5. The number of fused-ring (bicyclic) bond motifs is 2. The molecule has 15 heavy (non-hydrogen) atoms. The van der Waals surface area contributed by atoms with Gasteiger partial charge in [0.05, 0.1) is 0 Å². The van der Waals surface area contributed by atoms with Gasteiger partial charge in [0.15, 0.2) is 0 Å². The van der Waals surface area contributed by atoms with Crippen LogP contribution in [0.25, 0.3) is 0 Å². The van der Waals surface area contributed by atoms with E-state index in [0.717, 1.165) is 19.0 Å². The predicted octanol–water partition coefficient (Wildman–Crippen LogP) is 2.01. The van der Waals surface area contributed by atoms with E-state index in [-0.39, 0.29) is 0 Å². The van der Waals surface area contributed by atoms with Gasteiger partial charge in [-0.2, -0.15) is 0 Å². The van der Waals surface area contributed by atoms with E-state index in [0.29, 0.717) is 22.4 Å². The first kappa shape index (κ1) is 11.4. The fourth-order valence-corrected chi connectivity index (χ4v) is 3.80. The third-order valence-corrected chi connectivity index (χ3v) is 4.42. The zero-order valence-electron chi connectivity index (χ0n) is 11.1. The Labute approximate surface area is 94.2 Å². The molecule has 3 heterocycles. The Morgan fingerprint density at radius 2 is 1.67 bits per heavy atom. The van der Waals surface area contributed by atoms with Crippen LogP contribution in [-0.2, 0) is 0 Å². The van der Waals surface area contributed by atoms with Gasteiger partial charge in [-0.1, -0.05) is 41.5 Å². The van der Waals surface area contributed by atoms with Crippen molar-refractivity contribution in [3.63, 3.8) is 0 Å². The third kappa shape index (κ3) is 1.45. The standard InChI is InChI=1S/C13H26N2/c1-11(2,3)10-9-7-14-8-13(10,15-9)12(4,5)6/h9-10,14-15H,7-8H2,1-6H3. The molecule has 3 atom stereocenters. The molecule has 3 fully saturated rings. The first-order chi connectivity index (χ1) is 6.68. The SMILES string of the molecule is CC(C)(C)C1C2CNCC1(C(C)(C)C)N2. The number of hydrogen-bond acceptors (Lipinski definition) is 2. The minimum absolute atomic E-state index is 0.300. The monoisotopic (exact) mass is 210 g/mol. The summed E-state index contributed by atoms with van der Waals surface area (Å²) >= 11 is 0. The van der Waals surface area contributed by atoms with E-state index in [2.05, 4.69) is 52.2 Å². The van der Waals surface area contributed by atoms with Crippen LogP contribution in [-0.4, -0.2) is 24.7 Å². The largest absolute Gasteiger partial charge is 0.313 e. The molecule has 3 saturated heterocycles. The summed E-state index contributed by atoms with van der Waals surface area (Å²) in [4.78, 5) is 0. The molecule has 3 aliphatic heterocycles. The van der Waals surface area contributed by atoms with Crippen LogP contribution in [0.1, 0.15) is 41.5 Å². The minimum atomic E-state index is 0.300. The van der Waals surface area contributed by atoms with Crippen LogP contribution in [0.2, 0.25) is 0 Å². The van der Waals surface area contributed by atoms with Crippen LogP contribution in [0, 0.1) is 16.7 Å². The van der Waals surface area contributed by atoms with E-state index in [1.165, 1.54) is 0 Å². The molecule has 3 aliphatic rings. The Balaban J connectivity index is 2.32. The van der Waals surface area contributed by atoms with Crippen LogP contribution in [0.3, 0.4) is 0 Å². The smallest absolute Gasteiger partial charge is 0.0406 e. The second-order valence-corrected chi connectivity index (χ2v) is 7.45. The van der Waals surface area contributed by atoms with Gasteiger partial charge < -0.3 is 10.6 Å². The number of piperidine rings is 1. The second-order valence-electron chi connectivity index (χ2n) is 7.45. The van der Waals surface area contributed by atoms with Crippen molar-refractivity contribution in [3.8, 4) is 0 Å². The number of rotatable bonds is 0. The molecule has 0 spiro atoms. The fraction of sp³-hybridized carbons (Fsp3) is 1.00. The number of nitrogens with one attached hydrogen (secondary N) is 2. The van der Waals surface area contributed by atoms with Gasteiger partial charge in [-0.3, -0.25) is 0 Å². The quantitative estimate of drug-likeness (QED) is 0.639. The van der Waals surface area contributed by atoms with E-state index in [1.54, 1.807) is 0 Å². The first-order valence-electron chi connectivity index (χ1n) is 6.17. The molecular weight excluding hydrogens is 184 g/mol. The van der Waals surface area contributed by atoms with Crippen LogP contribution in [0.5, 0.6) is 0 Å². The summed E-state index contributed by atoms with van der Waals surface area (Å²) < 4.78 is 0. The fourth-order valence-electron chi connectivity index (χ4n) is 3.80. The first-order valence-corrected chi connectivity index (χ1v) is 6.17. The van der Waals surface area contributed by atoms with Crippen molar-refractivity contribution in [2.24, 2.45) is 16.7 Å². The Morgan fingerprint density at radius 1 is 1.07 bits per heavy atom. The van der Waals surface area contributed by atoms with E-state index in [9.17, 15) is 0 Å². The molecule has 2 N–H and O–H groups in total. The van der Waals surface area contributed by atoms with E-state index < -0.39 is 0 Å². The molecule has 0 amide bonds. The summed E-state index contributed by atoms with van der Waals surface area (Å²) in [5.74, 6) is 0.797. The zero-order chi connectivity index (χ0) is 11.5. The Hall–Kier alpha value is -0.0800. The summed E-state index contributed by atoms with van der Waals surface area (Å²) in [5.41, 5.74) is 1.04. The van der Waals surface area contributed by atoms with Crippen LogP contribution in [0.15, 0.2) is 0 Å². The van der Waals surface area contributed by atoms with Crippen LogP contribution >= 0.6 is 0 Å². The van der Waals surface area contributed by atoms with Crippen LogP contribution in [0.4, 0.5) is 0 Å². The Kier molecular flexibility index (Phi) is 2.27. The van der Waals surface area contributed by atoms with E-state index >= 15 is 0 Å². The van der Waals surface area contributed by atoms with Gasteiger partial charge in [0.2, 0.25) is 0 Å². The highest BCUT2D eigenvalue weighted by molar-refractivity contribution is 5.22. The molecule has 0 aromatic heterocycles. The van der Waals surface area contributed by atoms with Gasteiger partial charge in [0.25, 0.3) is 0 Å². The Bertz CT molecular complexity index is 255. The average Bonchev–Trinajstić information content (AvgIpc) is 1.99. The van der Waals surface area contributed by atoms with Crippen molar-refractivity contribution in [1.29, 1.82) is 0 Å². The maximum atomic E-state index is 3.83. The molecule has 3 rings (SSSR count). The second kappa shape index (κ2) is 2.98. The van der Waals surface area contributed by atoms with Crippen molar-refractivity contribution in [1.82, 2.24) is 10.6 Å². The molecule has 0 aromatic carbocycles. The van der Waals surface area contributed by atoms with Crippen molar-refractivity contribution in [2.45, 2.75) is 53.1 Å². The maximum absolute atomic E-state index is 3.83. The maximum Gasteiger partial charge on any atom is 0.0406 e. The molecule has 2 heteroatoms. The molecule has 0 aromatic rings. The van der Waals surface area contributed by atoms with Gasteiger partial charge in [0.1, 0.15) is 0 Å². The normalized spacial score (nSPS) is 41.2. The number of piperazine rings is 1. The Morgan fingerprint density at radius 3 is 2.00 bits per heavy atom. The minimum Gasteiger partial charge on any atom is -0.313 e. The highest BCUT2D eigenvalue weighted by Gasteiger charge is 2.64. The van der Waals surface area contributed by atoms with Crippen molar-refractivity contribution in [3.05, 3.63) is 0 Å². The third-order valence-electron chi connectivity index (χ3n) is 4.42. The van der Waals surface area contributed by atoms with Crippen LogP contribution < -0.4 is 10.6 Å². The van der Waals surface area contributed by atoms with Crippen molar-refractivity contribution in [2.75, 3.05) is 13.1 Å². The average molecular weight is 210 g/mol. The van der Waals surface area contributed by atoms with Gasteiger partial charge >= 0.3 is 0 Å². The predicted molar refractivity (Wildman–Crippen MR) is 64.9 cm³/mol. The van der Waals surface area contributed by atoms with E-state index in [1.807, 2.05) is 0 Å². The molecule has 2 bridgehead atoms. The van der Waals surface area contributed by atoms with Crippen molar-refractivity contribution < 1.29 is 0 Å². The van der Waals surface area contributed by atoms with Gasteiger partial charge in [0, 0.05) is 30.6 Å².